The number of hydrogen-bond acceptors (Lipinski definition) is 4. The molecule has 1 rings (SSSR count). The van der Waals surface area contributed by atoms with Crippen molar-refractivity contribution in [1.82, 2.24) is 10.2 Å². The summed E-state index contributed by atoms with van der Waals surface area (Å²) >= 11 is 3.18. The number of benzene rings is 1. The van der Waals surface area contributed by atoms with E-state index in [1.165, 1.54) is 0 Å². The van der Waals surface area contributed by atoms with Gasteiger partial charge in [0.1, 0.15) is 0 Å². The van der Waals surface area contributed by atoms with E-state index in [0.29, 0.717) is 17.1 Å². The molecule has 18 heavy (non-hydrogen) atoms. The Balaban J connectivity index is 2.63. The van der Waals surface area contributed by atoms with E-state index in [4.69, 9.17) is 0 Å². The standard InChI is InChI=1S/C12H18BrN3O2/c1-9(8-15(2)3)14-7-10-4-5-11(13)12(6-10)16(17)18/h4-6,9,14H,7-8H2,1-3H3. The first kappa shape index (κ1) is 15.1. The zero-order valence-corrected chi connectivity index (χ0v) is 12.4. The van der Waals surface area contributed by atoms with Crippen molar-refractivity contribution in [3.8, 4) is 0 Å². The summed E-state index contributed by atoms with van der Waals surface area (Å²) in [5.41, 5.74) is 1.02. The summed E-state index contributed by atoms with van der Waals surface area (Å²) < 4.78 is 0.512. The first-order chi connectivity index (χ1) is 8.40. The van der Waals surface area contributed by atoms with Crippen molar-refractivity contribution in [3.05, 3.63) is 38.3 Å². The Morgan fingerprint density at radius 3 is 2.72 bits per heavy atom. The normalized spacial score (nSPS) is 12.7. The lowest BCUT2D eigenvalue weighted by atomic mass is 10.2. The van der Waals surface area contributed by atoms with Gasteiger partial charge in [0.25, 0.3) is 5.69 Å². The Hall–Kier alpha value is -0.980. The number of likely N-dealkylation sites (N-methyl/N-ethyl adjacent to an activating group) is 1. The van der Waals surface area contributed by atoms with Crippen LogP contribution in [0.3, 0.4) is 0 Å². The van der Waals surface area contributed by atoms with E-state index in [0.717, 1.165) is 12.1 Å². The molecule has 100 valence electrons. The van der Waals surface area contributed by atoms with E-state index in [-0.39, 0.29) is 10.6 Å². The third-order valence-electron chi connectivity index (χ3n) is 2.50. The van der Waals surface area contributed by atoms with Crippen LogP contribution in [0.2, 0.25) is 0 Å². The van der Waals surface area contributed by atoms with Crippen LogP contribution in [0.5, 0.6) is 0 Å². The second kappa shape index (κ2) is 6.82. The quantitative estimate of drug-likeness (QED) is 0.647. The maximum absolute atomic E-state index is 10.8. The van der Waals surface area contributed by atoms with Crippen LogP contribution in [0.25, 0.3) is 0 Å². The van der Waals surface area contributed by atoms with Crippen LogP contribution in [0.1, 0.15) is 12.5 Å². The molecule has 0 fully saturated rings. The van der Waals surface area contributed by atoms with Crippen molar-refractivity contribution < 1.29 is 4.92 Å². The fourth-order valence-electron chi connectivity index (χ4n) is 1.71. The largest absolute Gasteiger partial charge is 0.309 e. The Kier molecular flexibility index (Phi) is 5.71. The van der Waals surface area contributed by atoms with Crippen LogP contribution in [-0.2, 0) is 6.54 Å². The van der Waals surface area contributed by atoms with Crippen LogP contribution in [0.4, 0.5) is 5.69 Å². The summed E-state index contributed by atoms with van der Waals surface area (Å²) in [5, 5.41) is 14.1. The van der Waals surface area contributed by atoms with Crippen LogP contribution >= 0.6 is 15.9 Å². The number of hydrogen-bond donors (Lipinski definition) is 1. The Morgan fingerprint density at radius 2 is 2.17 bits per heavy atom. The van der Waals surface area contributed by atoms with E-state index in [9.17, 15) is 10.1 Å². The van der Waals surface area contributed by atoms with Gasteiger partial charge in [0.2, 0.25) is 0 Å². The Morgan fingerprint density at radius 1 is 1.50 bits per heavy atom. The minimum absolute atomic E-state index is 0.106. The van der Waals surface area contributed by atoms with Gasteiger partial charge in [-0.1, -0.05) is 6.07 Å². The van der Waals surface area contributed by atoms with E-state index in [2.05, 4.69) is 33.1 Å². The topological polar surface area (TPSA) is 58.4 Å². The van der Waals surface area contributed by atoms with Gasteiger partial charge in [0.15, 0.2) is 0 Å². The van der Waals surface area contributed by atoms with Gasteiger partial charge >= 0.3 is 0 Å². The number of rotatable bonds is 6. The summed E-state index contributed by atoms with van der Waals surface area (Å²) in [4.78, 5) is 12.5. The molecule has 0 aliphatic rings. The molecule has 0 saturated carbocycles. The second-order valence-electron chi connectivity index (χ2n) is 4.59. The van der Waals surface area contributed by atoms with Crippen molar-refractivity contribution in [2.75, 3.05) is 20.6 Å². The monoisotopic (exact) mass is 315 g/mol. The zero-order valence-electron chi connectivity index (χ0n) is 10.8. The molecule has 0 radical (unpaired) electrons. The molecule has 0 aliphatic carbocycles. The van der Waals surface area contributed by atoms with Gasteiger partial charge in [-0.25, -0.2) is 0 Å². The molecule has 0 aromatic heterocycles. The van der Waals surface area contributed by atoms with Crippen molar-refractivity contribution in [2.24, 2.45) is 0 Å². The maximum Gasteiger partial charge on any atom is 0.283 e. The molecule has 0 amide bonds. The van der Waals surface area contributed by atoms with Crippen LogP contribution < -0.4 is 5.32 Å². The molecule has 0 spiro atoms. The predicted molar refractivity (Wildman–Crippen MR) is 75.7 cm³/mol. The van der Waals surface area contributed by atoms with Crippen LogP contribution in [-0.4, -0.2) is 36.5 Å². The molecule has 6 heteroatoms. The predicted octanol–water partition coefficient (Wildman–Crippen LogP) is 2.40. The molecule has 1 aromatic rings. The van der Waals surface area contributed by atoms with E-state index >= 15 is 0 Å². The van der Waals surface area contributed by atoms with Gasteiger partial charge in [-0.05, 0) is 48.6 Å². The SMILES string of the molecule is CC(CN(C)C)NCc1ccc(Br)c([N+](=O)[O-])c1. The molecule has 5 nitrogen and oxygen atoms in total. The van der Waals surface area contributed by atoms with Crippen molar-refractivity contribution in [3.63, 3.8) is 0 Å². The van der Waals surface area contributed by atoms with Crippen molar-refractivity contribution in [2.45, 2.75) is 19.5 Å². The van der Waals surface area contributed by atoms with Crippen LogP contribution in [0, 0.1) is 10.1 Å². The second-order valence-corrected chi connectivity index (χ2v) is 5.44. The van der Waals surface area contributed by atoms with Gasteiger partial charge in [-0.3, -0.25) is 10.1 Å². The van der Waals surface area contributed by atoms with Gasteiger partial charge in [0, 0.05) is 25.2 Å². The summed E-state index contributed by atoms with van der Waals surface area (Å²) in [7, 11) is 4.03. The Labute approximate surface area is 115 Å². The molecular weight excluding hydrogens is 298 g/mol. The average Bonchev–Trinajstić information content (AvgIpc) is 2.26. The molecule has 0 saturated heterocycles. The van der Waals surface area contributed by atoms with Gasteiger partial charge in [0.05, 0.1) is 9.40 Å². The molecule has 1 atom stereocenters. The minimum Gasteiger partial charge on any atom is -0.309 e. The molecule has 0 heterocycles. The smallest absolute Gasteiger partial charge is 0.283 e. The lowest BCUT2D eigenvalue weighted by Crippen LogP contribution is -2.35. The van der Waals surface area contributed by atoms with Crippen LogP contribution in [0.15, 0.2) is 22.7 Å². The van der Waals surface area contributed by atoms with E-state index in [1.54, 1.807) is 12.1 Å². The van der Waals surface area contributed by atoms with E-state index < -0.39 is 0 Å². The maximum atomic E-state index is 10.8. The third kappa shape index (κ3) is 4.72. The lowest BCUT2D eigenvalue weighted by molar-refractivity contribution is -0.385. The fraction of sp³-hybridized carbons (Fsp3) is 0.500. The number of nitro groups is 1. The minimum atomic E-state index is -0.378. The fourth-order valence-corrected chi connectivity index (χ4v) is 2.10. The van der Waals surface area contributed by atoms with Crippen molar-refractivity contribution in [1.29, 1.82) is 0 Å². The first-order valence-electron chi connectivity index (χ1n) is 5.71. The summed E-state index contributed by atoms with van der Waals surface area (Å²) in [6, 6.07) is 5.53. The average molecular weight is 316 g/mol. The highest BCUT2D eigenvalue weighted by molar-refractivity contribution is 9.10. The van der Waals surface area contributed by atoms with Crippen molar-refractivity contribution >= 4 is 21.6 Å². The lowest BCUT2D eigenvalue weighted by Gasteiger charge is -2.18. The summed E-state index contributed by atoms with van der Waals surface area (Å²) in [6.45, 7) is 3.65. The molecule has 1 aromatic carbocycles. The first-order valence-corrected chi connectivity index (χ1v) is 6.50. The number of nitrogens with one attached hydrogen (secondary N) is 1. The highest BCUT2D eigenvalue weighted by Crippen LogP contribution is 2.25. The van der Waals surface area contributed by atoms with Gasteiger partial charge in [-0.2, -0.15) is 0 Å². The van der Waals surface area contributed by atoms with E-state index in [1.807, 2.05) is 20.2 Å². The van der Waals surface area contributed by atoms with Gasteiger partial charge in [-0.15, -0.1) is 0 Å². The third-order valence-corrected chi connectivity index (χ3v) is 3.17. The highest BCUT2D eigenvalue weighted by atomic mass is 79.9. The highest BCUT2D eigenvalue weighted by Gasteiger charge is 2.12. The number of nitro benzene ring substituents is 1. The Bertz CT molecular complexity index is 424. The molecule has 0 bridgehead atoms. The molecule has 1 N–H and O–H groups in total. The summed E-state index contributed by atoms with van der Waals surface area (Å²) in [5.74, 6) is 0. The van der Waals surface area contributed by atoms with Gasteiger partial charge < -0.3 is 10.2 Å². The molecule has 0 aliphatic heterocycles. The summed E-state index contributed by atoms with van der Waals surface area (Å²) in [6.07, 6.45) is 0. The number of halogens is 1. The molecular formula is C12H18BrN3O2. The number of nitrogens with zero attached hydrogens (tertiary/aromatic N) is 2. The zero-order chi connectivity index (χ0) is 13.7. The molecule has 1 unspecified atom stereocenters.